The van der Waals surface area contributed by atoms with Gasteiger partial charge < -0.3 is 0 Å². The molecule has 0 heterocycles. The molecule has 0 aliphatic heterocycles. The third-order valence-corrected chi connectivity index (χ3v) is 0. The van der Waals surface area contributed by atoms with Crippen molar-refractivity contribution in [3.63, 3.8) is 0 Å². The first kappa shape index (κ1) is 78.4. The molecule has 0 aliphatic carbocycles. The maximum absolute atomic E-state index is 0. The van der Waals surface area contributed by atoms with Crippen LogP contribution in [0.3, 0.4) is 0 Å². The van der Waals surface area contributed by atoms with Crippen LogP contribution in [-0.4, -0.2) is 59.1 Å². The first-order valence-corrected chi connectivity index (χ1v) is 0. The summed E-state index contributed by atoms with van der Waals surface area (Å²) in [5.41, 5.74) is 0. The molecular formula is H7Cl5Na2. The van der Waals surface area contributed by atoms with Gasteiger partial charge in [0.25, 0.3) is 0 Å². The van der Waals surface area contributed by atoms with Crippen LogP contribution in [0.1, 0.15) is 0 Å². The summed E-state index contributed by atoms with van der Waals surface area (Å²) < 4.78 is 0. The second kappa shape index (κ2) is 56.7. The molecule has 0 saturated carbocycles. The SMILES string of the molecule is Cl.Cl.Cl.Cl.Cl.[NaH].[NaH]. The zero-order valence-corrected chi connectivity index (χ0v) is 6.12. The Labute approximate surface area is 119 Å². The summed E-state index contributed by atoms with van der Waals surface area (Å²) in [5, 5.41) is 0. The summed E-state index contributed by atoms with van der Waals surface area (Å²) >= 11 is 0. The van der Waals surface area contributed by atoms with Crippen molar-refractivity contribution in [2.45, 2.75) is 0 Å². The molecule has 0 radical (unpaired) electrons. The number of rotatable bonds is 0. The summed E-state index contributed by atoms with van der Waals surface area (Å²) in [6.45, 7) is 0. The first-order valence-electron chi connectivity index (χ1n) is 0. The molecule has 0 fully saturated rings. The molecule has 0 bridgehead atoms. The average molecular weight is 230 g/mol. The number of hydrogen-bond acceptors (Lipinski definition) is 0. The molecule has 7 heteroatoms. The third-order valence-electron chi connectivity index (χ3n) is 0. The van der Waals surface area contributed by atoms with Crippen molar-refractivity contribution in [2.24, 2.45) is 0 Å². The van der Waals surface area contributed by atoms with Gasteiger partial charge in [0.2, 0.25) is 0 Å². The predicted molar refractivity (Wildman–Crippen MR) is 50.5 cm³/mol. The Kier molecular flexibility index (Phi) is 635. The van der Waals surface area contributed by atoms with E-state index >= 15 is 0 Å². The summed E-state index contributed by atoms with van der Waals surface area (Å²) in [5.74, 6) is 0. The van der Waals surface area contributed by atoms with E-state index in [1.165, 1.54) is 0 Å². The second-order valence-electron chi connectivity index (χ2n) is 0. The zero-order valence-electron chi connectivity index (χ0n) is 2.04. The standard InChI is InChI=1S/5ClH.2Na.2H/h5*1H;;;;. The fourth-order valence-electron chi connectivity index (χ4n) is 0. The van der Waals surface area contributed by atoms with Gasteiger partial charge in [0.05, 0.1) is 0 Å². The topological polar surface area (TPSA) is 0 Å². The fourth-order valence-corrected chi connectivity index (χ4v) is 0. The molecule has 0 atom stereocenters. The second-order valence-corrected chi connectivity index (χ2v) is 0. The molecule has 0 spiro atoms. The molecule has 0 aromatic heterocycles. The van der Waals surface area contributed by atoms with Gasteiger partial charge in [-0.25, -0.2) is 0 Å². The maximum atomic E-state index is 0. The molecule has 0 nitrogen and oxygen atoms in total. The summed E-state index contributed by atoms with van der Waals surface area (Å²) in [4.78, 5) is 0. The van der Waals surface area contributed by atoms with Crippen LogP contribution in [0, 0.1) is 0 Å². The third kappa shape index (κ3) is 44.1. The van der Waals surface area contributed by atoms with Crippen molar-refractivity contribution >= 4 is 121 Å². The Morgan fingerprint density at radius 3 is 0.286 bits per heavy atom. The molecule has 7 heavy (non-hydrogen) atoms. The average Bonchev–Trinajstić information content (AvgIpc) is 0. The van der Waals surface area contributed by atoms with E-state index in [9.17, 15) is 0 Å². The molecule has 0 amide bonds. The van der Waals surface area contributed by atoms with E-state index in [0.717, 1.165) is 0 Å². The molecule has 0 aromatic rings. The Morgan fingerprint density at radius 2 is 0.286 bits per heavy atom. The van der Waals surface area contributed by atoms with Crippen LogP contribution in [-0.2, 0) is 0 Å². The monoisotopic (exact) mass is 228 g/mol. The minimum atomic E-state index is 0. The van der Waals surface area contributed by atoms with Crippen molar-refractivity contribution in [3.8, 4) is 0 Å². The quantitative estimate of drug-likeness (QED) is 0.540. The van der Waals surface area contributed by atoms with Gasteiger partial charge >= 0.3 is 59.1 Å². The van der Waals surface area contributed by atoms with E-state index in [2.05, 4.69) is 0 Å². The van der Waals surface area contributed by atoms with Crippen LogP contribution < -0.4 is 0 Å². The van der Waals surface area contributed by atoms with Crippen LogP contribution in [0.25, 0.3) is 0 Å². The van der Waals surface area contributed by atoms with Crippen molar-refractivity contribution in [2.75, 3.05) is 0 Å². The van der Waals surface area contributed by atoms with E-state index in [0.29, 0.717) is 0 Å². The molecule has 0 aliphatic rings. The summed E-state index contributed by atoms with van der Waals surface area (Å²) in [7, 11) is 0. The minimum absolute atomic E-state index is 0. The van der Waals surface area contributed by atoms with Crippen molar-refractivity contribution in [1.82, 2.24) is 0 Å². The van der Waals surface area contributed by atoms with Crippen LogP contribution >= 0.6 is 62.0 Å². The van der Waals surface area contributed by atoms with Crippen molar-refractivity contribution in [1.29, 1.82) is 0 Å². The molecule has 0 unspecified atom stereocenters. The van der Waals surface area contributed by atoms with Crippen molar-refractivity contribution in [3.05, 3.63) is 0 Å². The molecule has 0 saturated heterocycles. The van der Waals surface area contributed by atoms with E-state index in [-0.39, 0.29) is 121 Å². The molecular weight excluding hydrogens is 223 g/mol. The van der Waals surface area contributed by atoms with Gasteiger partial charge in [0.15, 0.2) is 0 Å². The van der Waals surface area contributed by atoms with Gasteiger partial charge in [0, 0.05) is 0 Å². The number of halogens is 5. The molecule has 0 rings (SSSR count). The van der Waals surface area contributed by atoms with Crippen LogP contribution in [0.5, 0.6) is 0 Å². The fraction of sp³-hybridized carbons (Fsp3) is 0. The van der Waals surface area contributed by atoms with Gasteiger partial charge in [-0.1, -0.05) is 0 Å². The Hall–Kier alpha value is 3.45. The van der Waals surface area contributed by atoms with E-state index in [1.54, 1.807) is 0 Å². The Morgan fingerprint density at radius 1 is 0.286 bits per heavy atom. The van der Waals surface area contributed by atoms with Gasteiger partial charge in [-0.2, -0.15) is 0 Å². The summed E-state index contributed by atoms with van der Waals surface area (Å²) in [6, 6.07) is 0. The van der Waals surface area contributed by atoms with Gasteiger partial charge in [-0.3, -0.25) is 0 Å². The van der Waals surface area contributed by atoms with Gasteiger partial charge in [-0.05, 0) is 0 Å². The summed E-state index contributed by atoms with van der Waals surface area (Å²) in [6.07, 6.45) is 0. The molecule has 0 aromatic carbocycles. The van der Waals surface area contributed by atoms with E-state index < -0.39 is 0 Å². The van der Waals surface area contributed by atoms with Crippen LogP contribution in [0.4, 0.5) is 0 Å². The van der Waals surface area contributed by atoms with Crippen molar-refractivity contribution < 1.29 is 0 Å². The Balaban J connectivity index is 0. The molecule has 0 N–H and O–H groups in total. The first-order chi connectivity index (χ1) is 0. The normalized spacial score (nSPS) is 0. The van der Waals surface area contributed by atoms with Gasteiger partial charge in [0.1, 0.15) is 0 Å². The zero-order chi connectivity index (χ0) is 0. The van der Waals surface area contributed by atoms with E-state index in [1.807, 2.05) is 0 Å². The van der Waals surface area contributed by atoms with Crippen LogP contribution in [0.2, 0.25) is 0 Å². The molecule has 44 valence electrons. The van der Waals surface area contributed by atoms with E-state index in [4.69, 9.17) is 0 Å². The Bertz CT molecular complexity index is 6.04. The van der Waals surface area contributed by atoms with Gasteiger partial charge in [-0.15, -0.1) is 62.0 Å². The predicted octanol–water partition coefficient (Wildman–Crippen LogP) is 0.812. The van der Waals surface area contributed by atoms with Crippen LogP contribution in [0.15, 0.2) is 0 Å². The number of hydrogen-bond donors (Lipinski definition) is 0.